The zero-order valence-electron chi connectivity index (χ0n) is 25.2. The summed E-state index contributed by atoms with van der Waals surface area (Å²) in [5, 5.41) is 6.38. The molecule has 232 valence electrons. The quantitative estimate of drug-likeness (QED) is 0.181. The minimum atomic E-state index is -4.42. The molecule has 45 heavy (non-hydrogen) atoms. The number of carbonyl (C=O) groups is 2. The number of hydrogen-bond acceptors (Lipinski definition) is 7. The zero-order valence-corrected chi connectivity index (χ0v) is 26.1. The van der Waals surface area contributed by atoms with Crippen LogP contribution in [0.4, 0.5) is 5.82 Å². The van der Waals surface area contributed by atoms with Gasteiger partial charge in [-0.3, -0.25) is 9.59 Å². The smallest absolute Gasteiger partial charge is 0.251 e. The Kier molecular flexibility index (Phi) is 9.17. The second-order valence-electron chi connectivity index (χ2n) is 11.9. The molecule has 0 aliphatic heterocycles. The van der Waals surface area contributed by atoms with E-state index in [1.165, 1.54) is 0 Å². The topological polar surface area (TPSA) is 141 Å². The Balaban J connectivity index is 1.33. The lowest BCUT2D eigenvalue weighted by molar-refractivity contribution is -0.117. The maximum Gasteiger partial charge on any atom is 0.251 e. The summed E-state index contributed by atoms with van der Waals surface area (Å²) < 4.78 is 38.4. The van der Waals surface area contributed by atoms with Gasteiger partial charge in [0.1, 0.15) is 17.2 Å². The maximum atomic E-state index is 13.7. The van der Waals surface area contributed by atoms with Crippen molar-refractivity contribution in [1.29, 1.82) is 0 Å². The minimum absolute atomic E-state index is 0.0456. The van der Waals surface area contributed by atoms with E-state index in [9.17, 15) is 22.6 Å². The van der Waals surface area contributed by atoms with Crippen LogP contribution in [0, 0.1) is 0 Å². The fraction of sp³-hybridized carbons (Fsp3) is 0.229. The molecule has 0 saturated heterocycles. The van der Waals surface area contributed by atoms with Crippen LogP contribution >= 0.6 is 0 Å². The Hall–Kier alpha value is -4.80. The Morgan fingerprint density at radius 3 is 2.27 bits per heavy atom. The van der Waals surface area contributed by atoms with Crippen molar-refractivity contribution in [2.24, 2.45) is 0 Å². The first-order valence-electron chi connectivity index (χ1n) is 14.5. The van der Waals surface area contributed by atoms with Gasteiger partial charge >= 0.3 is 0 Å². The van der Waals surface area contributed by atoms with Crippen molar-refractivity contribution < 1.29 is 27.0 Å². The van der Waals surface area contributed by atoms with E-state index >= 15 is 0 Å². The van der Waals surface area contributed by atoms with E-state index < -0.39 is 27.7 Å². The number of hydrogen-bond donors (Lipinski definition) is 2. The molecule has 10 heteroatoms. The van der Waals surface area contributed by atoms with Crippen LogP contribution in [0.15, 0.2) is 102 Å². The van der Waals surface area contributed by atoms with E-state index in [0.29, 0.717) is 23.6 Å². The molecule has 1 atom stereocenters. The molecule has 5 rings (SSSR count). The van der Waals surface area contributed by atoms with Gasteiger partial charge in [0.2, 0.25) is 5.91 Å². The van der Waals surface area contributed by atoms with Crippen LogP contribution in [0.2, 0.25) is 0 Å². The van der Waals surface area contributed by atoms with Gasteiger partial charge in [-0.25, -0.2) is 13.4 Å². The lowest BCUT2D eigenvalue weighted by Gasteiger charge is -2.22. The number of fused-ring (bicyclic) bond motifs is 1. The number of amides is 2. The molecule has 1 unspecified atom stereocenters. The summed E-state index contributed by atoms with van der Waals surface area (Å²) in [6, 6.07) is 28.0. The third-order valence-electron chi connectivity index (χ3n) is 7.51. The van der Waals surface area contributed by atoms with Crippen molar-refractivity contribution in [2.75, 3.05) is 17.6 Å². The fourth-order valence-electron chi connectivity index (χ4n) is 4.95. The average Bonchev–Trinajstić information content (AvgIpc) is 3.44. The number of carbonyl (C=O) groups excluding carboxylic acids is 2. The molecule has 0 bridgehead atoms. The molecule has 2 N–H and O–H groups in total. The molecule has 0 aliphatic carbocycles. The number of aromatic nitrogens is 1. The van der Waals surface area contributed by atoms with Crippen LogP contribution < -0.4 is 10.6 Å². The van der Waals surface area contributed by atoms with Gasteiger partial charge < -0.3 is 19.6 Å². The van der Waals surface area contributed by atoms with Gasteiger partial charge in [0.15, 0.2) is 0 Å². The molecular formula is C35H34N3O6S-. The van der Waals surface area contributed by atoms with Gasteiger partial charge in [-0.2, -0.15) is 0 Å². The first-order chi connectivity index (χ1) is 21.4. The van der Waals surface area contributed by atoms with Crippen LogP contribution in [0.3, 0.4) is 0 Å². The van der Waals surface area contributed by atoms with Crippen LogP contribution in [-0.4, -0.2) is 42.1 Å². The molecule has 0 saturated carbocycles. The summed E-state index contributed by atoms with van der Waals surface area (Å²) >= 11 is 0. The van der Waals surface area contributed by atoms with E-state index in [2.05, 4.69) is 36.4 Å². The molecule has 0 fully saturated rings. The van der Waals surface area contributed by atoms with E-state index in [-0.39, 0.29) is 17.9 Å². The van der Waals surface area contributed by atoms with Crippen molar-refractivity contribution >= 4 is 38.7 Å². The number of rotatable bonds is 10. The van der Waals surface area contributed by atoms with Crippen molar-refractivity contribution in [2.45, 2.75) is 38.5 Å². The largest absolute Gasteiger partial charge is 0.748 e. The molecule has 2 amide bonds. The second kappa shape index (κ2) is 13.1. The monoisotopic (exact) mass is 624 g/mol. The SMILES string of the molecule is CC(C)(C)c1ccc(C(Cc2ccc(C(=O)NCCS(=O)(=O)[O-])cc2)C(=O)Nc2ccc(-c3cc4ccccc4o3)cn2)cc1. The summed E-state index contributed by atoms with van der Waals surface area (Å²) in [7, 11) is -4.42. The number of nitrogens with one attached hydrogen (secondary N) is 2. The Morgan fingerprint density at radius 1 is 0.933 bits per heavy atom. The van der Waals surface area contributed by atoms with E-state index in [1.807, 2.05) is 60.7 Å². The first-order valence-corrected chi connectivity index (χ1v) is 16.1. The van der Waals surface area contributed by atoms with Crippen molar-refractivity contribution in [1.82, 2.24) is 10.3 Å². The van der Waals surface area contributed by atoms with Crippen molar-refractivity contribution in [3.05, 3.63) is 119 Å². The minimum Gasteiger partial charge on any atom is -0.748 e. The third-order valence-corrected chi connectivity index (χ3v) is 8.22. The van der Waals surface area contributed by atoms with Crippen LogP contribution in [0.25, 0.3) is 22.3 Å². The molecule has 3 aromatic carbocycles. The molecule has 0 spiro atoms. The predicted molar refractivity (Wildman–Crippen MR) is 173 cm³/mol. The van der Waals surface area contributed by atoms with Gasteiger partial charge in [0.05, 0.1) is 21.8 Å². The van der Waals surface area contributed by atoms with Crippen LogP contribution in [0.1, 0.15) is 53.7 Å². The molecular weight excluding hydrogens is 590 g/mol. The molecule has 5 aromatic rings. The Labute approximate surface area is 262 Å². The fourth-order valence-corrected chi connectivity index (χ4v) is 5.30. The molecule has 0 aliphatic rings. The predicted octanol–water partition coefficient (Wildman–Crippen LogP) is 6.03. The van der Waals surface area contributed by atoms with Crippen LogP contribution in [0.5, 0.6) is 0 Å². The highest BCUT2D eigenvalue weighted by atomic mass is 32.2. The van der Waals surface area contributed by atoms with Crippen molar-refractivity contribution in [3.8, 4) is 11.3 Å². The number of nitrogens with zero attached hydrogens (tertiary/aromatic N) is 1. The Bertz CT molecular complexity index is 1870. The highest BCUT2D eigenvalue weighted by Crippen LogP contribution is 2.30. The number of para-hydroxylation sites is 1. The average molecular weight is 625 g/mol. The lowest BCUT2D eigenvalue weighted by atomic mass is 9.84. The van der Waals surface area contributed by atoms with E-state index in [4.69, 9.17) is 4.42 Å². The second-order valence-corrected chi connectivity index (χ2v) is 13.4. The summed E-state index contributed by atoms with van der Waals surface area (Å²) in [5.41, 5.74) is 4.64. The number of anilines is 1. The van der Waals surface area contributed by atoms with Gasteiger partial charge in [-0.1, -0.05) is 75.4 Å². The molecule has 9 nitrogen and oxygen atoms in total. The highest BCUT2D eigenvalue weighted by molar-refractivity contribution is 7.85. The molecule has 2 heterocycles. The number of pyridine rings is 1. The summed E-state index contributed by atoms with van der Waals surface area (Å²) in [4.78, 5) is 30.6. The van der Waals surface area contributed by atoms with Gasteiger partial charge in [0, 0.05) is 29.3 Å². The summed E-state index contributed by atoms with van der Waals surface area (Å²) in [6.45, 7) is 6.12. The zero-order chi connectivity index (χ0) is 32.2. The van der Waals surface area contributed by atoms with Crippen LogP contribution in [-0.2, 0) is 26.7 Å². The van der Waals surface area contributed by atoms with Gasteiger partial charge in [0.25, 0.3) is 5.91 Å². The standard InChI is InChI=1S/C35H35N3O6S/c1-35(2,3)28-15-12-24(13-16-28)29(20-23-8-10-25(11-9-23)33(39)36-18-19-45(41,42)43)34(40)38-32-17-14-27(22-37-32)31-21-26-6-4-5-7-30(26)44-31/h4-17,21-22,29H,18-20H2,1-3H3,(H,36,39)(H,37,38,40)(H,41,42,43)/p-1. The van der Waals surface area contributed by atoms with E-state index in [1.54, 1.807) is 36.5 Å². The van der Waals surface area contributed by atoms with Crippen molar-refractivity contribution in [3.63, 3.8) is 0 Å². The summed E-state index contributed by atoms with van der Waals surface area (Å²) in [5.74, 6) is -0.872. The maximum absolute atomic E-state index is 13.7. The number of furan rings is 1. The van der Waals surface area contributed by atoms with E-state index in [0.717, 1.165) is 33.2 Å². The molecule has 0 radical (unpaired) electrons. The normalized spacial score (nSPS) is 12.5. The highest BCUT2D eigenvalue weighted by Gasteiger charge is 2.23. The third kappa shape index (κ3) is 8.23. The van der Waals surface area contributed by atoms with Gasteiger partial charge in [-0.15, -0.1) is 0 Å². The number of benzene rings is 3. The summed E-state index contributed by atoms with van der Waals surface area (Å²) in [6.07, 6.45) is 2.02. The van der Waals surface area contributed by atoms with Gasteiger partial charge in [-0.05, 0) is 64.9 Å². The Morgan fingerprint density at radius 2 is 1.64 bits per heavy atom. The first kappa shape index (κ1) is 31.6. The molecule has 2 aromatic heterocycles. The lowest BCUT2D eigenvalue weighted by Crippen LogP contribution is -2.29.